The minimum absolute atomic E-state index is 0.607. The van der Waals surface area contributed by atoms with E-state index in [0.29, 0.717) is 32.4 Å². The molecular formula is C16H7Br4N9. The monoisotopic (exact) mass is 641 g/mol. The van der Waals surface area contributed by atoms with E-state index in [1.165, 1.54) is 0 Å². The summed E-state index contributed by atoms with van der Waals surface area (Å²) in [6, 6.07) is 7.76. The van der Waals surface area contributed by atoms with E-state index in [4.69, 9.17) is 15.0 Å². The van der Waals surface area contributed by atoms with Gasteiger partial charge in [-0.25, -0.2) is 28.2 Å². The number of benzene rings is 1. The van der Waals surface area contributed by atoms with Gasteiger partial charge in [-0.1, -0.05) is 17.3 Å². The van der Waals surface area contributed by atoms with E-state index >= 15 is 0 Å². The number of aryl methyl sites for hydroxylation is 1. The lowest BCUT2D eigenvalue weighted by Gasteiger charge is -2.07. The Kier molecular flexibility index (Phi) is 3.78. The molecule has 0 unspecified atom stereocenters. The predicted octanol–water partition coefficient (Wildman–Crippen LogP) is 4.72. The van der Waals surface area contributed by atoms with Gasteiger partial charge in [-0.2, -0.15) is 4.68 Å². The SMILES string of the molecule is Cc1nc2n(c1Br)c1nc(Br)c(-n3nnc4ccccc43)n1c1nc(Br)c(Br)n21. The van der Waals surface area contributed by atoms with E-state index in [1.54, 1.807) is 4.68 Å². The Morgan fingerprint density at radius 1 is 0.759 bits per heavy atom. The van der Waals surface area contributed by atoms with Crippen molar-refractivity contribution in [2.75, 3.05) is 0 Å². The van der Waals surface area contributed by atoms with Gasteiger partial charge in [-0.3, -0.25) is 0 Å². The van der Waals surface area contributed by atoms with Crippen LogP contribution in [0.15, 0.2) is 42.7 Å². The molecule has 0 fully saturated rings. The molecule has 1 aromatic carbocycles. The summed E-state index contributed by atoms with van der Waals surface area (Å²) in [5, 5.41) is 8.66. The summed E-state index contributed by atoms with van der Waals surface area (Å²) in [6.07, 6.45) is 0. The van der Waals surface area contributed by atoms with Crippen LogP contribution in [0.3, 0.4) is 0 Å². The normalized spacial score (nSPS) is 12.3. The Morgan fingerprint density at radius 2 is 1.41 bits per heavy atom. The second-order valence-electron chi connectivity index (χ2n) is 6.30. The van der Waals surface area contributed by atoms with Crippen molar-refractivity contribution >= 4 is 92.1 Å². The van der Waals surface area contributed by atoms with Crippen LogP contribution < -0.4 is 0 Å². The zero-order chi connectivity index (χ0) is 20.0. The highest BCUT2D eigenvalue weighted by molar-refractivity contribution is 9.13. The van der Waals surface area contributed by atoms with Gasteiger partial charge in [-0.15, -0.1) is 5.10 Å². The van der Waals surface area contributed by atoms with Crippen molar-refractivity contribution in [3.8, 4) is 5.82 Å². The molecule has 5 heterocycles. The van der Waals surface area contributed by atoms with Gasteiger partial charge in [0.15, 0.2) is 10.4 Å². The number of fused-ring (bicyclic) bond motifs is 7. The van der Waals surface area contributed by atoms with Crippen LogP contribution in [0.2, 0.25) is 0 Å². The van der Waals surface area contributed by atoms with E-state index < -0.39 is 0 Å². The highest BCUT2D eigenvalue weighted by Gasteiger charge is 2.26. The zero-order valence-corrected chi connectivity index (χ0v) is 20.7. The van der Waals surface area contributed by atoms with E-state index in [-0.39, 0.29) is 0 Å². The fourth-order valence-corrected chi connectivity index (χ4v) is 5.08. The minimum atomic E-state index is 0.607. The molecule has 0 aliphatic rings. The average molecular weight is 645 g/mol. The molecule has 0 spiro atoms. The summed E-state index contributed by atoms with van der Waals surface area (Å²) in [6.45, 7) is 1.93. The molecule has 0 atom stereocenters. The summed E-state index contributed by atoms with van der Waals surface area (Å²) >= 11 is 14.4. The Labute approximate surface area is 195 Å². The first kappa shape index (κ1) is 18.0. The van der Waals surface area contributed by atoms with Gasteiger partial charge in [0.25, 0.3) is 0 Å². The van der Waals surface area contributed by atoms with Crippen LogP contribution in [-0.2, 0) is 0 Å². The molecule has 0 bridgehead atoms. The van der Waals surface area contributed by atoms with E-state index in [1.807, 2.05) is 44.4 Å². The van der Waals surface area contributed by atoms with Gasteiger partial charge in [-0.05, 0) is 82.8 Å². The molecule has 5 aromatic heterocycles. The molecule has 144 valence electrons. The molecule has 6 rings (SSSR count). The molecule has 0 N–H and O–H groups in total. The van der Waals surface area contributed by atoms with Crippen molar-refractivity contribution in [3.63, 3.8) is 0 Å². The van der Waals surface area contributed by atoms with Crippen LogP contribution in [0, 0.1) is 6.92 Å². The topological polar surface area (TPSA) is 82.6 Å². The Balaban J connectivity index is 1.91. The predicted molar refractivity (Wildman–Crippen MR) is 121 cm³/mol. The van der Waals surface area contributed by atoms with Crippen LogP contribution in [-0.4, -0.2) is 43.1 Å². The van der Waals surface area contributed by atoms with Gasteiger partial charge in [0.05, 0.1) is 11.2 Å². The molecule has 29 heavy (non-hydrogen) atoms. The maximum Gasteiger partial charge on any atom is 0.227 e. The van der Waals surface area contributed by atoms with Crippen molar-refractivity contribution in [3.05, 3.63) is 48.4 Å². The fraction of sp³-hybridized carbons (Fsp3) is 0.0625. The first-order valence-electron chi connectivity index (χ1n) is 8.26. The lowest BCUT2D eigenvalue weighted by Crippen LogP contribution is -2.09. The van der Waals surface area contributed by atoms with Crippen LogP contribution >= 0.6 is 63.7 Å². The third-order valence-corrected chi connectivity index (χ3v) is 7.95. The first-order valence-corrected chi connectivity index (χ1v) is 11.4. The Hall–Kier alpha value is -1.83. The van der Waals surface area contributed by atoms with Crippen molar-refractivity contribution in [2.45, 2.75) is 6.92 Å². The zero-order valence-electron chi connectivity index (χ0n) is 14.3. The van der Waals surface area contributed by atoms with Crippen LogP contribution in [0.25, 0.3) is 34.2 Å². The van der Waals surface area contributed by atoms with Gasteiger partial charge < -0.3 is 0 Å². The molecule has 0 saturated heterocycles. The first-order chi connectivity index (χ1) is 14.0. The quantitative estimate of drug-likeness (QED) is 0.259. The summed E-state index contributed by atoms with van der Waals surface area (Å²) in [5.41, 5.74) is 2.48. The third-order valence-electron chi connectivity index (χ3n) is 4.67. The Bertz CT molecular complexity index is 1590. The highest BCUT2D eigenvalue weighted by Crippen LogP contribution is 2.33. The van der Waals surface area contributed by atoms with Gasteiger partial charge >= 0.3 is 0 Å². The molecule has 6 aromatic rings. The lowest BCUT2D eigenvalue weighted by atomic mass is 10.3. The van der Waals surface area contributed by atoms with Crippen molar-refractivity contribution in [2.24, 2.45) is 0 Å². The second-order valence-corrected chi connectivity index (χ2v) is 9.31. The summed E-state index contributed by atoms with van der Waals surface area (Å²) in [5.74, 6) is 2.61. The lowest BCUT2D eigenvalue weighted by molar-refractivity contribution is 0.786. The van der Waals surface area contributed by atoms with Gasteiger partial charge in [0.2, 0.25) is 17.3 Å². The van der Waals surface area contributed by atoms with Crippen molar-refractivity contribution in [1.82, 2.24) is 43.1 Å². The van der Waals surface area contributed by atoms with E-state index in [2.05, 4.69) is 74.0 Å². The molecule has 0 aliphatic carbocycles. The summed E-state index contributed by atoms with van der Waals surface area (Å²) in [7, 11) is 0. The summed E-state index contributed by atoms with van der Waals surface area (Å²) in [4.78, 5) is 14.2. The smallest absolute Gasteiger partial charge is 0.227 e. The van der Waals surface area contributed by atoms with Crippen LogP contribution in [0.5, 0.6) is 0 Å². The van der Waals surface area contributed by atoms with Crippen molar-refractivity contribution < 1.29 is 0 Å². The number of aromatic nitrogens is 9. The molecule has 0 saturated carbocycles. The minimum Gasteiger partial charge on any atom is -0.240 e. The molecule has 0 amide bonds. The maximum atomic E-state index is 4.77. The molecular weight excluding hydrogens is 638 g/mol. The standard InChI is InChI=1S/C16H7Br4N9/c1-6-11(19)26-14(21-6)27-12(20)9(17)22-15(27)28-13(10(18)23-16(26)28)29-8-5-3-2-4-7(8)24-25-29/h2-5H,1H3. The van der Waals surface area contributed by atoms with Gasteiger partial charge in [0.1, 0.15) is 19.3 Å². The van der Waals surface area contributed by atoms with E-state index in [9.17, 15) is 0 Å². The molecule has 0 aliphatic heterocycles. The largest absolute Gasteiger partial charge is 0.240 e. The van der Waals surface area contributed by atoms with E-state index in [0.717, 1.165) is 25.9 Å². The highest BCUT2D eigenvalue weighted by atomic mass is 79.9. The van der Waals surface area contributed by atoms with Gasteiger partial charge in [0, 0.05) is 0 Å². The Morgan fingerprint density at radius 3 is 2.21 bits per heavy atom. The number of para-hydroxylation sites is 1. The number of nitrogens with zero attached hydrogens (tertiary/aromatic N) is 9. The molecule has 13 heteroatoms. The van der Waals surface area contributed by atoms with Crippen LogP contribution in [0.1, 0.15) is 5.69 Å². The van der Waals surface area contributed by atoms with Crippen molar-refractivity contribution in [1.29, 1.82) is 0 Å². The van der Waals surface area contributed by atoms with Crippen LogP contribution in [0.4, 0.5) is 0 Å². The second kappa shape index (κ2) is 6.09. The fourth-order valence-electron chi connectivity index (χ4n) is 3.43. The maximum absolute atomic E-state index is 4.77. The number of imidazole rings is 3. The third kappa shape index (κ3) is 2.26. The molecule has 9 nitrogen and oxygen atoms in total. The number of hydrogen-bond donors (Lipinski definition) is 0. The molecule has 0 radical (unpaired) electrons. The number of hydrogen-bond acceptors (Lipinski definition) is 5. The average Bonchev–Trinajstić information content (AvgIpc) is 3.41. The number of halogens is 4. The number of rotatable bonds is 1. The summed E-state index contributed by atoms with van der Waals surface area (Å²) < 4.78 is 10.3.